The molecule has 2 aromatic heterocycles. The molecule has 0 bridgehead atoms. The Morgan fingerprint density at radius 1 is 0.390 bits per heavy atom. The first-order valence-electron chi connectivity index (χ1n) is 20.8. The molecule has 6 aromatic carbocycles. The molecule has 0 saturated carbocycles. The van der Waals surface area contributed by atoms with Gasteiger partial charge in [0.1, 0.15) is 11.5 Å². The van der Waals surface area contributed by atoms with Crippen LogP contribution in [0, 0.1) is 0 Å². The van der Waals surface area contributed by atoms with Gasteiger partial charge in [-0.1, -0.05) is 99.5 Å². The van der Waals surface area contributed by atoms with Crippen LogP contribution in [-0.4, -0.2) is 33.1 Å². The van der Waals surface area contributed by atoms with Crippen molar-refractivity contribution in [1.29, 1.82) is 0 Å². The molecule has 0 aliphatic heterocycles. The van der Waals surface area contributed by atoms with Crippen molar-refractivity contribution in [2.45, 2.75) is 44.9 Å². The molecule has 8 aromatic rings. The highest BCUT2D eigenvalue weighted by Crippen LogP contribution is 2.63. The summed E-state index contributed by atoms with van der Waals surface area (Å²) in [5.41, 5.74) is 15.6. The predicted molar refractivity (Wildman–Crippen MR) is 236 cm³/mol. The van der Waals surface area contributed by atoms with E-state index < -0.39 is 5.41 Å². The van der Waals surface area contributed by atoms with Crippen LogP contribution in [0.3, 0.4) is 0 Å². The van der Waals surface area contributed by atoms with Gasteiger partial charge in [0.05, 0.1) is 18.6 Å². The summed E-state index contributed by atoms with van der Waals surface area (Å²) in [7, 11) is 0. The largest absolute Gasteiger partial charge is 0.494 e. The van der Waals surface area contributed by atoms with E-state index in [1.165, 1.54) is 44.5 Å². The monoisotopic (exact) mass is 768 g/mol. The van der Waals surface area contributed by atoms with E-state index in [0.29, 0.717) is 11.6 Å². The number of fused-ring (bicyclic) bond motifs is 10. The quantitative estimate of drug-likeness (QED) is 0.115. The maximum absolute atomic E-state index is 5.87. The summed E-state index contributed by atoms with van der Waals surface area (Å²) >= 11 is 0. The Morgan fingerprint density at radius 3 is 1.17 bits per heavy atom. The van der Waals surface area contributed by atoms with Crippen LogP contribution in [0.15, 0.2) is 158 Å². The maximum Gasteiger partial charge on any atom is 0.159 e. The fraction of sp³-hybridized carbons (Fsp3) is 0.170. The Labute approximate surface area is 345 Å². The lowest BCUT2D eigenvalue weighted by Gasteiger charge is -2.31. The molecule has 2 aliphatic carbocycles. The molecule has 0 atom stereocenters. The standard InChI is InChI=1S/C53H44N4O2/c1-3-5-27-58-41-21-15-35(16-22-41)51-54-31-39(32-55-51)37-19-25-45-46-26-20-38(40-33-56-52(57-34-40)36-17-23-42(24-18-36)59-28-6-4-2)30-50(46)53(49(45)29-37)47-13-9-7-11-43(47)44-12-8-10-14-48(44)53/h7-26,29-34H,3-6,27-28H2,1-2H3. The molecule has 6 heteroatoms. The van der Waals surface area contributed by atoms with Gasteiger partial charge in [-0.3, -0.25) is 0 Å². The Balaban J connectivity index is 1.02. The van der Waals surface area contributed by atoms with Gasteiger partial charge < -0.3 is 9.47 Å². The van der Waals surface area contributed by atoms with Crippen LogP contribution in [0.25, 0.3) is 67.3 Å². The number of unbranched alkanes of at least 4 members (excludes halogenated alkanes) is 2. The van der Waals surface area contributed by atoms with Crippen molar-refractivity contribution in [3.05, 3.63) is 181 Å². The number of aromatic nitrogens is 4. The molecule has 0 saturated heterocycles. The van der Waals surface area contributed by atoms with Crippen LogP contribution in [0.5, 0.6) is 11.5 Å². The molecule has 0 fully saturated rings. The molecule has 0 N–H and O–H groups in total. The molecule has 0 amide bonds. The van der Waals surface area contributed by atoms with Gasteiger partial charge in [-0.15, -0.1) is 0 Å². The molecule has 2 aliphatic rings. The Bertz CT molecular complexity index is 2580. The molecular formula is C53H44N4O2. The van der Waals surface area contributed by atoms with Crippen molar-refractivity contribution in [1.82, 2.24) is 19.9 Å². The molecule has 6 nitrogen and oxygen atoms in total. The zero-order valence-corrected chi connectivity index (χ0v) is 33.4. The van der Waals surface area contributed by atoms with Gasteiger partial charge in [0.15, 0.2) is 11.6 Å². The highest BCUT2D eigenvalue weighted by Gasteiger charge is 2.51. The normalized spacial score (nSPS) is 12.8. The molecule has 0 radical (unpaired) electrons. The van der Waals surface area contributed by atoms with E-state index in [4.69, 9.17) is 29.4 Å². The summed E-state index contributed by atoms with van der Waals surface area (Å²) in [5.74, 6) is 3.11. The zero-order valence-electron chi connectivity index (χ0n) is 33.4. The first kappa shape index (κ1) is 36.4. The van der Waals surface area contributed by atoms with E-state index in [1.54, 1.807) is 0 Å². The number of ether oxygens (including phenoxy) is 2. The second kappa shape index (κ2) is 15.4. The second-order valence-electron chi connectivity index (χ2n) is 15.4. The lowest BCUT2D eigenvalue weighted by atomic mass is 9.70. The minimum absolute atomic E-state index is 0.520. The van der Waals surface area contributed by atoms with Crippen LogP contribution in [-0.2, 0) is 5.41 Å². The van der Waals surface area contributed by atoms with E-state index in [9.17, 15) is 0 Å². The van der Waals surface area contributed by atoms with Gasteiger partial charge in [0, 0.05) is 47.0 Å². The molecular weight excluding hydrogens is 725 g/mol. The minimum atomic E-state index is -0.520. The summed E-state index contributed by atoms with van der Waals surface area (Å²) in [6.45, 7) is 5.78. The smallest absolute Gasteiger partial charge is 0.159 e. The van der Waals surface area contributed by atoms with E-state index >= 15 is 0 Å². The maximum atomic E-state index is 5.87. The lowest BCUT2D eigenvalue weighted by Crippen LogP contribution is -2.26. The Kier molecular flexibility index (Phi) is 9.53. The van der Waals surface area contributed by atoms with Gasteiger partial charge in [0.25, 0.3) is 0 Å². The van der Waals surface area contributed by atoms with Gasteiger partial charge >= 0.3 is 0 Å². The highest BCUT2D eigenvalue weighted by atomic mass is 16.5. The van der Waals surface area contributed by atoms with Crippen molar-refractivity contribution in [2.75, 3.05) is 13.2 Å². The second-order valence-corrected chi connectivity index (χ2v) is 15.4. The van der Waals surface area contributed by atoms with Crippen molar-refractivity contribution < 1.29 is 9.47 Å². The SMILES string of the molecule is CCCCOc1ccc(-c2ncc(-c3ccc4c(c3)C3(c5ccccc5-c5ccccc53)c3cc(-c5cnc(-c6ccc(OCCCC)cc6)nc5)ccc3-4)cn2)cc1. The van der Waals surface area contributed by atoms with Gasteiger partial charge in [-0.05, 0) is 129 Å². The summed E-state index contributed by atoms with van der Waals surface area (Å²) in [6.07, 6.45) is 12.1. The lowest BCUT2D eigenvalue weighted by molar-refractivity contribution is 0.309. The summed E-state index contributed by atoms with van der Waals surface area (Å²) in [4.78, 5) is 19.4. The van der Waals surface area contributed by atoms with Crippen LogP contribution in [0.4, 0.5) is 0 Å². The number of benzene rings is 6. The minimum Gasteiger partial charge on any atom is -0.494 e. The third kappa shape index (κ3) is 6.36. The third-order valence-corrected chi connectivity index (χ3v) is 11.8. The molecule has 0 unspecified atom stereocenters. The molecule has 2 heterocycles. The first-order valence-corrected chi connectivity index (χ1v) is 20.8. The zero-order chi connectivity index (χ0) is 39.8. The number of rotatable bonds is 12. The average Bonchev–Trinajstić information content (AvgIpc) is 3.76. The third-order valence-electron chi connectivity index (χ3n) is 11.8. The Hall–Kier alpha value is -6.92. The number of nitrogens with zero attached hydrogens (tertiary/aromatic N) is 4. The highest BCUT2D eigenvalue weighted by molar-refractivity contribution is 5.96. The van der Waals surface area contributed by atoms with Gasteiger partial charge in [-0.2, -0.15) is 0 Å². The van der Waals surface area contributed by atoms with Gasteiger partial charge in [0.2, 0.25) is 0 Å². The van der Waals surface area contributed by atoms with Crippen molar-refractivity contribution in [2.24, 2.45) is 0 Å². The molecule has 10 rings (SSSR count). The molecule has 59 heavy (non-hydrogen) atoms. The van der Waals surface area contributed by atoms with Crippen LogP contribution >= 0.6 is 0 Å². The number of hydrogen-bond donors (Lipinski definition) is 0. The van der Waals surface area contributed by atoms with E-state index in [0.717, 1.165) is 83.8 Å². The predicted octanol–water partition coefficient (Wildman–Crippen LogP) is 12.6. The molecule has 288 valence electrons. The van der Waals surface area contributed by atoms with E-state index in [1.807, 2.05) is 73.3 Å². The Morgan fingerprint density at radius 2 is 0.763 bits per heavy atom. The fourth-order valence-electron chi connectivity index (χ4n) is 8.82. The fourth-order valence-corrected chi connectivity index (χ4v) is 8.82. The first-order chi connectivity index (χ1) is 29.1. The average molecular weight is 769 g/mol. The molecule has 1 spiro atoms. The summed E-state index contributed by atoms with van der Waals surface area (Å²) < 4.78 is 11.7. The van der Waals surface area contributed by atoms with Crippen molar-refractivity contribution >= 4 is 0 Å². The summed E-state index contributed by atoms with van der Waals surface area (Å²) in [6, 6.07) is 47.6. The van der Waals surface area contributed by atoms with Crippen LogP contribution < -0.4 is 9.47 Å². The number of hydrogen-bond acceptors (Lipinski definition) is 6. The summed E-state index contributed by atoms with van der Waals surface area (Å²) in [5, 5.41) is 0. The van der Waals surface area contributed by atoms with E-state index in [-0.39, 0.29) is 0 Å². The topological polar surface area (TPSA) is 70.0 Å². The van der Waals surface area contributed by atoms with Crippen LogP contribution in [0.2, 0.25) is 0 Å². The van der Waals surface area contributed by atoms with Gasteiger partial charge in [-0.25, -0.2) is 19.9 Å². The van der Waals surface area contributed by atoms with Crippen LogP contribution in [0.1, 0.15) is 61.8 Å². The van der Waals surface area contributed by atoms with Crippen molar-refractivity contribution in [3.63, 3.8) is 0 Å². The van der Waals surface area contributed by atoms with Crippen molar-refractivity contribution in [3.8, 4) is 78.8 Å². The van der Waals surface area contributed by atoms with E-state index in [2.05, 4.69) is 98.8 Å².